The number of furan rings is 1. The highest BCUT2D eigenvalue weighted by molar-refractivity contribution is 5.91. The van der Waals surface area contributed by atoms with Gasteiger partial charge in [-0.1, -0.05) is 30.3 Å². The molecule has 1 N–H and O–H groups in total. The third-order valence-electron chi connectivity index (χ3n) is 4.75. The second-order valence-corrected chi connectivity index (χ2v) is 7.19. The number of anilines is 2. The first kappa shape index (κ1) is 19.5. The molecule has 0 spiro atoms. The number of hydrogen-bond acceptors (Lipinski definition) is 3. The van der Waals surface area contributed by atoms with E-state index in [0.717, 1.165) is 33.8 Å². The molecule has 0 saturated heterocycles. The van der Waals surface area contributed by atoms with Crippen molar-refractivity contribution in [1.29, 1.82) is 0 Å². The van der Waals surface area contributed by atoms with Crippen LogP contribution in [-0.4, -0.2) is 25.0 Å². The Bertz CT molecular complexity index is 895. The smallest absolute Gasteiger partial charge is 0.322 e. The van der Waals surface area contributed by atoms with Crippen molar-refractivity contribution in [3.05, 3.63) is 83.3 Å². The van der Waals surface area contributed by atoms with E-state index >= 15 is 0 Å². The number of hydrogen-bond donors (Lipinski definition) is 1. The Morgan fingerprint density at radius 1 is 0.929 bits per heavy atom. The zero-order valence-electron chi connectivity index (χ0n) is 16.9. The monoisotopic (exact) mass is 377 g/mol. The van der Waals surface area contributed by atoms with E-state index in [4.69, 9.17) is 4.42 Å². The maximum Gasteiger partial charge on any atom is 0.322 e. The average Bonchev–Trinajstić information content (AvgIpc) is 3.18. The van der Waals surface area contributed by atoms with Gasteiger partial charge in [-0.15, -0.1) is 0 Å². The summed E-state index contributed by atoms with van der Waals surface area (Å²) in [5.74, 6) is 0.751. The lowest BCUT2D eigenvalue weighted by Crippen LogP contribution is -2.34. The number of nitrogens with zero attached hydrogens (tertiary/aromatic N) is 2. The maximum absolute atomic E-state index is 13.1. The number of amides is 2. The van der Waals surface area contributed by atoms with Crippen LogP contribution in [0.3, 0.4) is 0 Å². The lowest BCUT2D eigenvalue weighted by Gasteiger charge is -2.24. The molecule has 5 heteroatoms. The van der Waals surface area contributed by atoms with Crippen LogP contribution in [0.1, 0.15) is 22.5 Å². The summed E-state index contributed by atoms with van der Waals surface area (Å²) in [6.45, 7) is 4.89. The lowest BCUT2D eigenvalue weighted by atomic mass is 10.1. The van der Waals surface area contributed by atoms with Crippen LogP contribution in [0.4, 0.5) is 16.2 Å². The third kappa shape index (κ3) is 4.74. The molecule has 1 aromatic heterocycles. The van der Waals surface area contributed by atoms with Crippen LogP contribution in [0, 0.1) is 13.8 Å². The third-order valence-corrected chi connectivity index (χ3v) is 4.75. The highest BCUT2D eigenvalue weighted by atomic mass is 16.3. The van der Waals surface area contributed by atoms with Gasteiger partial charge in [-0.3, -0.25) is 0 Å². The minimum atomic E-state index is -0.148. The average molecular weight is 377 g/mol. The number of nitrogens with one attached hydrogen (secondary N) is 1. The van der Waals surface area contributed by atoms with Crippen molar-refractivity contribution < 1.29 is 9.21 Å². The van der Waals surface area contributed by atoms with E-state index in [1.807, 2.05) is 58.3 Å². The van der Waals surface area contributed by atoms with Gasteiger partial charge in [0.1, 0.15) is 5.76 Å². The predicted molar refractivity (Wildman–Crippen MR) is 114 cm³/mol. The number of benzene rings is 2. The molecule has 0 aliphatic carbocycles. The summed E-state index contributed by atoms with van der Waals surface area (Å²) in [5, 5.41) is 3.08. The SMILES string of the molecule is Cc1cccc(C)c1NC(=O)N(Cc1ccc(N(C)C)cc1)Cc1ccco1. The molecule has 0 saturated carbocycles. The van der Waals surface area contributed by atoms with Crippen molar-refractivity contribution in [3.63, 3.8) is 0 Å². The minimum Gasteiger partial charge on any atom is -0.467 e. The molecule has 0 aliphatic rings. The van der Waals surface area contributed by atoms with Crippen LogP contribution in [-0.2, 0) is 13.1 Å². The number of para-hydroxylation sites is 1. The first-order chi connectivity index (χ1) is 13.4. The number of aryl methyl sites for hydroxylation is 2. The Kier molecular flexibility index (Phi) is 6.04. The molecule has 0 unspecified atom stereocenters. The fourth-order valence-corrected chi connectivity index (χ4v) is 3.11. The lowest BCUT2D eigenvalue weighted by molar-refractivity contribution is 0.201. The van der Waals surface area contributed by atoms with E-state index in [9.17, 15) is 4.79 Å². The van der Waals surface area contributed by atoms with Crippen molar-refractivity contribution in [2.45, 2.75) is 26.9 Å². The molecule has 3 aromatic rings. The highest BCUT2D eigenvalue weighted by Gasteiger charge is 2.18. The summed E-state index contributed by atoms with van der Waals surface area (Å²) >= 11 is 0. The Morgan fingerprint density at radius 3 is 2.18 bits per heavy atom. The summed E-state index contributed by atoms with van der Waals surface area (Å²) in [6.07, 6.45) is 1.63. The molecular formula is C23H27N3O2. The molecule has 1 heterocycles. The Balaban J connectivity index is 1.80. The molecule has 0 fully saturated rings. The van der Waals surface area contributed by atoms with Gasteiger partial charge in [0.2, 0.25) is 0 Å². The number of rotatable bonds is 6. The van der Waals surface area contributed by atoms with Gasteiger partial charge in [0.25, 0.3) is 0 Å². The largest absolute Gasteiger partial charge is 0.467 e. The second kappa shape index (κ2) is 8.65. The normalized spacial score (nSPS) is 10.6. The first-order valence-electron chi connectivity index (χ1n) is 9.35. The van der Waals surface area contributed by atoms with Gasteiger partial charge in [-0.25, -0.2) is 4.79 Å². The molecule has 0 atom stereocenters. The van der Waals surface area contributed by atoms with Crippen molar-refractivity contribution in [1.82, 2.24) is 4.90 Å². The first-order valence-corrected chi connectivity index (χ1v) is 9.35. The Labute approximate surface area is 166 Å². The zero-order chi connectivity index (χ0) is 20.1. The topological polar surface area (TPSA) is 48.7 Å². The van der Waals surface area contributed by atoms with Crippen LogP contribution < -0.4 is 10.2 Å². The Hall–Kier alpha value is -3.21. The van der Waals surface area contributed by atoms with Crippen molar-refractivity contribution in [3.8, 4) is 0 Å². The van der Waals surface area contributed by atoms with E-state index in [0.29, 0.717) is 13.1 Å². The molecule has 2 aromatic carbocycles. The van der Waals surface area contributed by atoms with Gasteiger partial charge in [0.15, 0.2) is 0 Å². The van der Waals surface area contributed by atoms with E-state index in [1.165, 1.54) is 0 Å². The summed E-state index contributed by atoms with van der Waals surface area (Å²) < 4.78 is 5.47. The minimum absolute atomic E-state index is 0.148. The predicted octanol–water partition coefficient (Wildman–Crippen LogP) is 5.20. The molecule has 3 rings (SSSR count). The number of urea groups is 1. The standard InChI is InChI=1S/C23H27N3O2/c1-17-7-5-8-18(2)22(17)24-23(27)26(16-21-9-6-14-28-21)15-19-10-12-20(13-11-19)25(3)4/h5-14H,15-16H2,1-4H3,(H,24,27). The van der Waals surface area contributed by atoms with Crippen molar-refractivity contribution in [2.75, 3.05) is 24.3 Å². The number of carbonyl (C=O) groups is 1. The van der Waals surface area contributed by atoms with Crippen molar-refractivity contribution >= 4 is 17.4 Å². The van der Waals surface area contributed by atoms with Crippen LogP contribution in [0.25, 0.3) is 0 Å². The van der Waals surface area contributed by atoms with Gasteiger partial charge in [0.05, 0.1) is 12.8 Å². The fourth-order valence-electron chi connectivity index (χ4n) is 3.11. The van der Waals surface area contributed by atoms with Gasteiger partial charge in [-0.05, 0) is 54.8 Å². The van der Waals surface area contributed by atoms with E-state index < -0.39 is 0 Å². The van der Waals surface area contributed by atoms with Gasteiger partial charge < -0.3 is 19.5 Å². The molecule has 146 valence electrons. The molecule has 5 nitrogen and oxygen atoms in total. The van der Waals surface area contributed by atoms with Crippen LogP contribution in [0.5, 0.6) is 0 Å². The number of carbonyl (C=O) groups excluding carboxylic acids is 1. The molecule has 0 aliphatic heterocycles. The highest BCUT2D eigenvalue weighted by Crippen LogP contribution is 2.21. The van der Waals surface area contributed by atoms with Crippen LogP contribution >= 0.6 is 0 Å². The zero-order valence-corrected chi connectivity index (χ0v) is 16.9. The van der Waals surface area contributed by atoms with E-state index in [2.05, 4.69) is 34.5 Å². The molecule has 28 heavy (non-hydrogen) atoms. The Morgan fingerprint density at radius 2 is 1.61 bits per heavy atom. The second-order valence-electron chi connectivity index (χ2n) is 7.19. The van der Waals surface area contributed by atoms with E-state index in [-0.39, 0.29) is 6.03 Å². The van der Waals surface area contributed by atoms with E-state index in [1.54, 1.807) is 11.2 Å². The summed E-state index contributed by atoms with van der Waals surface area (Å²) in [7, 11) is 4.02. The van der Waals surface area contributed by atoms with Gasteiger partial charge >= 0.3 is 6.03 Å². The maximum atomic E-state index is 13.1. The molecule has 0 radical (unpaired) electrons. The van der Waals surface area contributed by atoms with Crippen molar-refractivity contribution in [2.24, 2.45) is 0 Å². The summed E-state index contributed by atoms with van der Waals surface area (Å²) in [5.41, 5.74) is 5.14. The van der Waals surface area contributed by atoms with Gasteiger partial charge in [0, 0.05) is 32.0 Å². The fraction of sp³-hybridized carbons (Fsp3) is 0.261. The van der Waals surface area contributed by atoms with Crippen LogP contribution in [0.15, 0.2) is 65.3 Å². The van der Waals surface area contributed by atoms with Crippen LogP contribution in [0.2, 0.25) is 0 Å². The summed E-state index contributed by atoms with van der Waals surface area (Å²) in [6, 6.07) is 17.8. The quantitative estimate of drug-likeness (QED) is 0.642. The van der Waals surface area contributed by atoms with Gasteiger partial charge in [-0.2, -0.15) is 0 Å². The molecule has 2 amide bonds. The molecular weight excluding hydrogens is 350 g/mol. The summed E-state index contributed by atoms with van der Waals surface area (Å²) in [4.78, 5) is 16.9. The molecule has 0 bridgehead atoms.